The Morgan fingerprint density at radius 3 is 2.90 bits per heavy atom. The topological polar surface area (TPSA) is 64.3 Å². The van der Waals surface area contributed by atoms with Crippen LogP contribution in [0.5, 0.6) is 0 Å². The quantitative estimate of drug-likeness (QED) is 0.881. The molecule has 0 aromatic heterocycles. The first-order valence-corrected chi connectivity index (χ1v) is 7.35. The van der Waals surface area contributed by atoms with Crippen molar-refractivity contribution in [2.24, 2.45) is 5.73 Å². The predicted molar refractivity (Wildman–Crippen MR) is 77.6 cm³/mol. The molecule has 2 aliphatic rings. The summed E-state index contributed by atoms with van der Waals surface area (Å²) in [6, 6.07) is 5.99. The van der Waals surface area contributed by atoms with E-state index in [9.17, 15) is 4.79 Å². The Morgan fingerprint density at radius 2 is 2.25 bits per heavy atom. The van der Waals surface area contributed by atoms with Crippen LogP contribution >= 0.6 is 0 Å². The fourth-order valence-corrected chi connectivity index (χ4v) is 3.24. The Morgan fingerprint density at radius 1 is 1.45 bits per heavy atom. The number of hydrogen-bond donors (Lipinski definition) is 2. The molecule has 1 aliphatic carbocycles. The Bertz CT molecular complexity index is 518. The highest BCUT2D eigenvalue weighted by Gasteiger charge is 2.38. The van der Waals surface area contributed by atoms with Crippen LogP contribution in [0.25, 0.3) is 0 Å². The standard InChI is InChI=1S/C16H22N2O2/c1-20-16(6-2-7-16)10-14(17)12-4-3-11-5-8-18-15(19)13(11)9-12/h3-4,9,14H,2,5-8,10,17H2,1H3,(H,18,19). The minimum atomic E-state index is -0.0738. The zero-order valence-electron chi connectivity index (χ0n) is 11.9. The van der Waals surface area contributed by atoms with Crippen molar-refractivity contribution in [2.45, 2.75) is 43.7 Å². The first-order chi connectivity index (χ1) is 9.63. The van der Waals surface area contributed by atoms with Gasteiger partial charge in [-0.1, -0.05) is 12.1 Å². The lowest BCUT2D eigenvalue weighted by Gasteiger charge is -2.42. The minimum absolute atomic E-state index is 0.0189. The number of rotatable bonds is 4. The summed E-state index contributed by atoms with van der Waals surface area (Å²) < 4.78 is 5.64. The average molecular weight is 274 g/mol. The molecule has 4 nitrogen and oxygen atoms in total. The van der Waals surface area contributed by atoms with Crippen LogP contribution in [0.1, 0.15) is 53.2 Å². The highest BCUT2D eigenvalue weighted by molar-refractivity contribution is 5.96. The molecular formula is C16H22N2O2. The number of benzene rings is 1. The maximum Gasteiger partial charge on any atom is 0.251 e. The molecule has 4 heteroatoms. The molecule has 1 aromatic carbocycles. The molecular weight excluding hydrogens is 252 g/mol. The van der Waals surface area contributed by atoms with Gasteiger partial charge in [0.05, 0.1) is 5.60 Å². The minimum Gasteiger partial charge on any atom is -0.378 e. The van der Waals surface area contributed by atoms with E-state index in [4.69, 9.17) is 10.5 Å². The number of carbonyl (C=O) groups is 1. The van der Waals surface area contributed by atoms with Crippen molar-refractivity contribution >= 4 is 5.91 Å². The zero-order chi connectivity index (χ0) is 14.2. The van der Waals surface area contributed by atoms with Gasteiger partial charge in [-0.25, -0.2) is 0 Å². The Labute approximate surface area is 119 Å². The van der Waals surface area contributed by atoms with Crippen molar-refractivity contribution in [3.05, 3.63) is 34.9 Å². The maximum absolute atomic E-state index is 11.9. The molecule has 3 N–H and O–H groups in total. The van der Waals surface area contributed by atoms with Gasteiger partial charge in [0.25, 0.3) is 5.91 Å². The highest BCUT2D eigenvalue weighted by Crippen LogP contribution is 2.41. The first kappa shape index (κ1) is 13.6. The van der Waals surface area contributed by atoms with Gasteiger partial charge in [0.15, 0.2) is 0 Å². The molecule has 3 rings (SSSR count). The second-order valence-electron chi connectivity index (χ2n) is 5.97. The molecule has 1 heterocycles. The monoisotopic (exact) mass is 274 g/mol. The summed E-state index contributed by atoms with van der Waals surface area (Å²) >= 11 is 0. The summed E-state index contributed by atoms with van der Waals surface area (Å²) in [5, 5.41) is 2.88. The molecule has 1 fully saturated rings. The largest absolute Gasteiger partial charge is 0.378 e. The van der Waals surface area contributed by atoms with Gasteiger partial charge in [-0.05, 0) is 49.3 Å². The van der Waals surface area contributed by atoms with Crippen LogP contribution in [-0.2, 0) is 11.2 Å². The van der Waals surface area contributed by atoms with E-state index in [2.05, 4.69) is 11.4 Å². The van der Waals surface area contributed by atoms with Crippen molar-refractivity contribution in [3.8, 4) is 0 Å². The third-order valence-electron chi connectivity index (χ3n) is 4.78. The van der Waals surface area contributed by atoms with Crippen molar-refractivity contribution in [1.82, 2.24) is 5.32 Å². The van der Waals surface area contributed by atoms with Crippen molar-refractivity contribution < 1.29 is 9.53 Å². The number of amides is 1. The molecule has 1 aliphatic heterocycles. The molecule has 108 valence electrons. The summed E-state index contributed by atoms with van der Waals surface area (Å²) in [6.07, 6.45) is 5.11. The molecule has 20 heavy (non-hydrogen) atoms. The molecule has 0 spiro atoms. The summed E-state index contributed by atoms with van der Waals surface area (Å²) in [5.41, 5.74) is 9.22. The molecule has 0 radical (unpaired) electrons. The normalized spacial score (nSPS) is 21.6. The fraction of sp³-hybridized carbons (Fsp3) is 0.562. The van der Waals surface area contributed by atoms with Gasteiger partial charge >= 0.3 is 0 Å². The van der Waals surface area contributed by atoms with E-state index in [1.807, 2.05) is 12.1 Å². The van der Waals surface area contributed by atoms with Crippen LogP contribution in [0.15, 0.2) is 18.2 Å². The summed E-state index contributed by atoms with van der Waals surface area (Å²) in [6.45, 7) is 0.726. The number of nitrogens with one attached hydrogen (secondary N) is 1. The first-order valence-electron chi connectivity index (χ1n) is 7.35. The zero-order valence-corrected chi connectivity index (χ0v) is 11.9. The second-order valence-corrected chi connectivity index (χ2v) is 5.97. The van der Waals surface area contributed by atoms with Crippen LogP contribution in [-0.4, -0.2) is 25.2 Å². The number of carbonyl (C=O) groups excluding carboxylic acids is 1. The van der Waals surface area contributed by atoms with Gasteiger partial charge in [-0.2, -0.15) is 0 Å². The summed E-state index contributed by atoms with van der Waals surface area (Å²) in [5.74, 6) is 0.0189. The summed E-state index contributed by atoms with van der Waals surface area (Å²) in [4.78, 5) is 11.9. The highest BCUT2D eigenvalue weighted by atomic mass is 16.5. The van der Waals surface area contributed by atoms with Crippen LogP contribution in [0.3, 0.4) is 0 Å². The van der Waals surface area contributed by atoms with Crippen molar-refractivity contribution in [2.75, 3.05) is 13.7 Å². The molecule has 0 bridgehead atoms. The van der Waals surface area contributed by atoms with E-state index in [1.54, 1.807) is 7.11 Å². The number of hydrogen-bond acceptors (Lipinski definition) is 3. The lowest BCUT2D eigenvalue weighted by molar-refractivity contribution is -0.0816. The third-order valence-corrected chi connectivity index (χ3v) is 4.78. The fourth-order valence-electron chi connectivity index (χ4n) is 3.24. The molecule has 0 saturated heterocycles. The molecule has 1 atom stereocenters. The van der Waals surface area contributed by atoms with Gasteiger partial charge in [-0.3, -0.25) is 4.79 Å². The van der Waals surface area contributed by atoms with Gasteiger partial charge in [0.1, 0.15) is 0 Å². The van der Waals surface area contributed by atoms with Crippen LogP contribution in [0.2, 0.25) is 0 Å². The van der Waals surface area contributed by atoms with Crippen molar-refractivity contribution in [3.63, 3.8) is 0 Å². The van der Waals surface area contributed by atoms with Crippen LogP contribution < -0.4 is 11.1 Å². The van der Waals surface area contributed by atoms with E-state index in [-0.39, 0.29) is 17.6 Å². The number of fused-ring (bicyclic) bond motifs is 1. The van der Waals surface area contributed by atoms with Gasteiger partial charge in [-0.15, -0.1) is 0 Å². The van der Waals surface area contributed by atoms with Gasteiger partial charge in [0.2, 0.25) is 0 Å². The van der Waals surface area contributed by atoms with E-state index >= 15 is 0 Å². The van der Waals surface area contributed by atoms with Crippen LogP contribution in [0.4, 0.5) is 0 Å². The molecule has 1 amide bonds. The van der Waals surface area contributed by atoms with E-state index < -0.39 is 0 Å². The Hall–Kier alpha value is -1.39. The van der Waals surface area contributed by atoms with E-state index in [0.717, 1.165) is 48.9 Å². The lowest BCUT2D eigenvalue weighted by Crippen LogP contribution is -2.42. The van der Waals surface area contributed by atoms with Gasteiger partial charge < -0.3 is 15.8 Å². The SMILES string of the molecule is COC1(CC(N)c2ccc3c(c2)C(=O)NCC3)CCC1. The lowest BCUT2D eigenvalue weighted by atomic mass is 9.74. The van der Waals surface area contributed by atoms with Gasteiger partial charge in [0, 0.05) is 25.3 Å². The summed E-state index contributed by atoms with van der Waals surface area (Å²) in [7, 11) is 1.77. The smallest absolute Gasteiger partial charge is 0.251 e. The molecule has 1 saturated carbocycles. The Kier molecular flexibility index (Phi) is 3.52. The van der Waals surface area contributed by atoms with E-state index in [0.29, 0.717) is 0 Å². The molecule has 1 aromatic rings. The second kappa shape index (κ2) is 5.19. The maximum atomic E-state index is 11.9. The molecule has 1 unspecified atom stereocenters. The number of nitrogens with two attached hydrogens (primary N) is 1. The Balaban J connectivity index is 1.80. The number of methoxy groups -OCH3 is 1. The average Bonchev–Trinajstić information content (AvgIpc) is 2.43. The predicted octanol–water partition coefficient (Wildman–Crippen LogP) is 1.93. The van der Waals surface area contributed by atoms with Crippen molar-refractivity contribution in [1.29, 1.82) is 0 Å². The van der Waals surface area contributed by atoms with Crippen LogP contribution in [0, 0.1) is 0 Å². The third kappa shape index (κ3) is 2.34. The number of ether oxygens (including phenoxy) is 1. The van der Waals surface area contributed by atoms with E-state index in [1.165, 1.54) is 6.42 Å².